The van der Waals surface area contributed by atoms with Gasteiger partial charge in [0.15, 0.2) is 5.76 Å². The van der Waals surface area contributed by atoms with Gasteiger partial charge in [0.2, 0.25) is 5.91 Å². The molecule has 0 radical (unpaired) electrons. The normalized spacial score (nSPS) is 16.1. The fourth-order valence-corrected chi connectivity index (χ4v) is 2.19. The maximum atomic E-state index is 12.1. The lowest BCUT2D eigenvalue weighted by Crippen LogP contribution is -2.51. The van der Waals surface area contributed by atoms with E-state index in [1.165, 1.54) is 6.26 Å². The zero-order valence-electron chi connectivity index (χ0n) is 11.8. The molecule has 1 saturated heterocycles. The monoisotopic (exact) mass is 279 g/mol. The van der Waals surface area contributed by atoms with Crippen molar-refractivity contribution in [3.63, 3.8) is 0 Å². The van der Waals surface area contributed by atoms with E-state index >= 15 is 0 Å². The highest BCUT2D eigenvalue weighted by atomic mass is 16.3. The summed E-state index contributed by atoms with van der Waals surface area (Å²) < 4.78 is 5.12. The Kier molecular flexibility index (Phi) is 5.17. The number of nitrogens with zero attached hydrogens (tertiary/aromatic N) is 2. The first-order chi connectivity index (χ1) is 9.70. The molecule has 1 fully saturated rings. The van der Waals surface area contributed by atoms with Gasteiger partial charge >= 0.3 is 0 Å². The first-order valence-electron chi connectivity index (χ1n) is 7.02. The Morgan fingerprint density at radius 2 is 2.05 bits per heavy atom. The number of carbonyl (C=O) groups is 2. The van der Waals surface area contributed by atoms with Crippen molar-refractivity contribution < 1.29 is 14.0 Å². The van der Waals surface area contributed by atoms with Crippen LogP contribution < -0.4 is 5.32 Å². The van der Waals surface area contributed by atoms with Crippen LogP contribution in [0.4, 0.5) is 0 Å². The van der Waals surface area contributed by atoms with Crippen LogP contribution in [-0.4, -0.2) is 60.9 Å². The Balaban J connectivity index is 1.75. The minimum Gasteiger partial charge on any atom is -0.459 e. The summed E-state index contributed by atoms with van der Waals surface area (Å²) in [5, 5.41) is 2.86. The van der Waals surface area contributed by atoms with Crippen molar-refractivity contribution >= 4 is 11.8 Å². The van der Waals surface area contributed by atoms with Crippen molar-refractivity contribution in [3.05, 3.63) is 24.2 Å². The molecule has 2 heterocycles. The Morgan fingerprint density at radius 3 is 2.65 bits per heavy atom. The zero-order chi connectivity index (χ0) is 14.4. The lowest BCUT2D eigenvalue weighted by Gasteiger charge is -2.33. The molecular formula is C14H21N3O3. The summed E-state index contributed by atoms with van der Waals surface area (Å²) in [6, 6.07) is 3.38. The summed E-state index contributed by atoms with van der Waals surface area (Å²) in [6.45, 7) is 5.83. The van der Waals surface area contributed by atoms with Gasteiger partial charge in [0.1, 0.15) is 0 Å². The molecule has 0 aromatic carbocycles. The van der Waals surface area contributed by atoms with Crippen molar-refractivity contribution in [2.24, 2.45) is 0 Å². The van der Waals surface area contributed by atoms with Gasteiger partial charge in [-0.05, 0) is 18.6 Å². The molecule has 0 bridgehead atoms. The second-order valence-corrected chi connectivity index (χ2v) is 4.90. The van der Waals surface area contributed by atoms with E-state index in [0.717, 1.165) is 13.0 Å². The fourth-order valence-electron chi connectivity index (χ4n) is 2.19. The molecule has 0 unspecified atom stereocenters. The molecule has 1 aliphatic heterocycles. The van der Waals surface area contributed by atoms with E-state index in [1.807, 2.05) is 6.92 Å². The highest BCUT2D eigenvalue weighted by Crippen LogP contribution is 2.09. The van der Waals surface area contributed by atoms with Crippen LogP contribution >= 0.6 is 0 Å². The number of nitrogens with one attached hydrogen (secondary N) is 1. The van der Waals surface area contributed by atoms with Crippen LogP contribution in [0.5, 0.6) is 0 Å². The van der Waals surface area contributed by atoms with Crippen molar-refractivity contribution in [3.8, 4) is 0 Å². The molecule has 6 nitrogen and oxygen atoms in total. The fraction of sp³-hybridized carbons (Fsp3) is 0.571. The van der Waals surface area contributed by atoms with Crippen molar-refractivity contribution in [1.82, 2.24) is 15.1 Å². The molecule has 1 N–H and O–H groups in total. The highest BCUT2D eigenvalue weighted by molar-refractivity contribution is 5.91. The van der Waals surface area contributed by atoms with Gasteiger partial charge in [-0.3, -0.25) is 14.5 Å². The maximum Gasteiger partial charge on any atom is 0.289 e. The maximum absolute atomic E-state index is 12.1. The first kappa shape index (κ1) is 14.6. The van der Waals surface area contributed by atoms with E-state index < -0.39 is 0 Å². The quantitative estimate of drug-likeness (QED) is 0.855. The number of hydrogen-bond acceptors (Lipinski definition) is 4. The average molecular weight is 279 g/mol. The molecule has 110 valence electrons. The Hall–Kier alpha value is -1.82. The van der Waals surface area contributed by atoms with E-state index in [4.69, 9.17) is 4.42 Å². The third-order valence-electron chi connectivity index (χ3n) is 3.33. The predicted octanol–water partition coefficient (Wildman–Crippen LogP) is 0.564. The molecule has 20 heavy (non-hydrogen) atoms. The molecule has 0 saturated carbocycles. The van der Waals surface area contributed by atoms with Crippen molar-refractivity contribution in [1.29, 1.82) is 0 Å². The van der Waals surface area contributed by atoms with Gasteiger partial charge in [-0.2, -0.15) is 0 Å². The summed E-state index contributed by atoms with van der Waals surface area (Å²) in [6.07, 6.45) is 2.44. The van der Waals surface area contributed by atoms with E-state index in [9.17, 15) is 9.59 Å². The largest absolute Gasteiger partial charge is 0.459 e. The first-order valence-corrected chi connectivity index (χ1v) is 7.02. The Labute approximate surface area is 118 Å². The molecular weight excluding hydrogens is 258 g/mol. The number of hydrogen-bond donors (Lipinski definition) is 1. The molecule has 1 aromatic rings. The summed E-state index contributed by atoms with van der Waals surface area (Å²) in [4.78, 5) is 27.5. The molecule has 0 spiro atoms. The Bertz CT molecular complexity index is 437. The number of furan rings is 1. The Morgan fingerprint density at radius 1 is 1.30 bits per heavy atom. The number of rotatable bonds is 5. The average Bonchev–Trinajstić information content (AvgIpc) is 2.99. The van der Waals surface area contributed by atoms with Crippen LogP contribution in [0, 0.1) is 0 Å². The molecule has 2 rings (SSSR count). The van der Waals surface area contributed by atoms with E-state index in [1.54, 1.807) is 17.0 Å². The topological polar surface area (TPSA) is 65.8 Å². The molecule has 6 heteroatoms. The second kappa shape index (κ2) is 7.09. The minimum absolute atomic E-state index is 0.0534. The lowest BCUT2D eigenvalue weighted by atomic mass is 10.3. The summed E-state index contributed by atoms with van der Waals surface area (Å²) in [7, 11) is 0. The van der Waals surface area contributed by atoms with Crippen LogP contribution in [-0.2, 0) is 4.79 Å². The minimum atomic E-state index is -0.0786. The molecule has 0 atom stereocenters. The lowest BCUT2D eigenvalue weighted by molar-refractivity contribution is -0.122. The molecule has 1 aliphatic rings. The summed E-state index contributed by atoms with van der Waals surface area (Å²) >= 11 is 0. The van der Waals surface area contributed by atoms with Crippen LogP contribution in [0.15, 0.2) is 22.8 Å². The smallest absolute Gasteiger partial charge is 0.289 e. The van der Waals surface area contributed by atoms with E-state index in [0.29, 0.717) is 38.5 Å². The SMILES string of the molecule is CCCNC(=O)CN1CCN(C(=O)c2ccco2)CC1. The van der Waals surface area contributed by atoms with Crippen molar-refractivity contribution in [2.75, 3.05) is 39.3 Å². The van der Waals surface area contributed by atoms with E-state index in [-0.39, 0.29) is 11.8 Å². The third kappa shape index (κ3) is 3.84. The second-order valence-electron chi connectivity index (χ2n) is 4.90. The molecule has 2 amide bonds. The highest BCUT2D eigenvalue weighted by Gasteiger charge is 2.24. The van der Waals surface area contributed by atoms with Gasteiger partial charge in [0, 0.05) is 32.7 Å². The van der Waals surface area contributed by atoms with Gasteiger partial charge in [0.05, 0.1) is 12.8 Å². The number of carbonyl (C=O) groups excluding carboxylic acids is 2. The van der Waals surface area contributed by atoms with Gasteiger partial charge in [0.25, 0.3) is 5.91 Å². The van der Waals surface area contributed by atoms with Crippen LogP contribution in [0.1, 0.15) is 23.9 Å². The zero-order valence-corrected chi connectivity index (χ0v) is 11.8. The predicted molar refractivity (Wildman–Crippen MR) is 74.4 cm³/mol. The van der Waals surface area contributed by atoms with Crippen LogP contribution in [0.3, 0.4) is 0 Å². The summed E-state index contributed by atoms with van der Waals surface area (Å²) in [5.74, 6) is 0.349. The van der Waals surface area contributed by atoms with Gasteiger partial charge in [-0.25, -0.2) is 0 Å². The van der Waals surface area contributed by atoms with Crippen molar-refractivity contribution in [2.45, 2.75) is 13.3 Å². The van der Waals surface area contributed by atoms with E-state index in [2.05, 4.69) is 10.2 Å². The summed E-state index contributed by atoms with van der Waals surface area (Å²) in [5.41, 5.74) is 0. The molecule has 0 aliphatic carbocycles. The van der Waals surface area contributed by atoms with Gasteiger partial charge in [-0.1, -0.05) is 6.92 Å². The third-order valence-corrected chi connectivity index (χ3v) is 3.33. The van der Waals surface area contributed by atoms with Gasteiger partial charge in [-0.15, -0.1) is 0 Å². The van der Waals surface area contributed by atoms with Crippen LogP contribution in [0.2, 0.25) is 0 Å². The number of piperazine rings is 1. The number of amides is 2. The standard InChI is InChI=1S/C14H21N3O3/c1-2-5-15-13(18)11-16-6-8-17(9-7-16)14(19)12-4-3-10-20-12/h3-4,10H,2,5-9,11H2,1H3,(H,15,18). The van der Waals surface area contributed by atoms with Gasteiger partial charge < -0.3 is 14.6 Å². The van der Waals surface area contributed by atoms with Crippen LogP contribution in [0.25, 0.3) is 0 Å². The molecule has 1 aromatic heterocycles.